The molecule has 0 aliphatic carbocycles. The smallest absolute Gasteiger partial charge is 0.324 e. The molecular weight excluding hydrogens is 246 g/mol. The van der Waals surface area contributed by atoms with Gasteiger partial charge >= 0.3 is 6.18 Å². The summed E-state index contributed by atoms with van der Waals surface area (Å²) in [5.41, 5.74) is 4.05. The molecule has 0 aliphatic heterocycles. The Bertz CT molecular complexity index is 351. The Labute approximate surface area is 97.0 Å². The molecule has 1 atom stereocenters. The molecule has 16 heavy (non-hydrogen) atoms. The molecule has 1 aromatic rings. The minimum absolute atomic E-state index is 0. The molecule has 0 aliphatic rings. The van der Waals surface area contributed by atoms with Crippen molar-refractivity contribution in [1.82, 2.24) is 0 Å². The van der Waals surface area contributed by atoms with Crippen LogP contribution >= 0.6 is 12.4 Å². The third kappa shape index (κ3) is 3.09. The van der Waals surface area contributed by atoms with Crippen LogP contribution in [0.2, 0.25) is 0 Å². The van der Waals surface area contributed by atoms with Crippen molar-refractivity contribution < 1.29 is 17.6 Å². The van der Waals surface area contributed by atoms with E-state index < -0.39 is 23.6 Å². The van der Waals surface area contributed by atoms with Gasteiger partial charge < -0.3 is 5.73 Å². The van der Waals surface area contributed by atoms with Crippen molar-refractivity contribution >= 4 is 12.4 Å². The average molecular weight is 258 g/mol. The summed E-state index contributed by atoms with van der Waals surface area (Å²) < 4.78 is 50.6. The van der Waals surface area contributed by atoms with Gasteiger partial charge in [0.15, 0.2) is 0 Å². The van der Waals surface area contributed by atoms with Crippen LogP contribution in [-0.2, 0) is 6.18 Å². The zero-order chi connectivity index (χ0) is 11.6. The monoisotopic (exact) mass is 257 g/mol. The molecule has 0 saturated carbocycles. The van der Waals surface area contributed by atoms with Crippen molar-refractivity contribution in [2.75, 3.05) is 0 Å². The first-order valence-electron chi connectivity index (χ1n) is 4.49. The highest BCUT2D eigenvalue weighted by atomic mass is 35.5. The highest BCUT2D eigenvalue weighted by Gasteiger charge is 2.37. The molecule has 0 radical (unpaired) electrons. The summed E-state index contributed by atoms with van der Waals surface area (Å²) in [6, 6.07) is 2.43. The van der Waals surface area contributed by atoms with Gasteiger partial charge in [-0.3, -0.25) is 0 Å². The van der Waals surface area contributed by atoms with Crippen LogP contribution < -0.4 is 5.73 Å². The molecule has 6 heteroatoms. The van der Waals surface area contributed by atoms with E-state index in [9.17, 15) is 17.6 Å². The lowest BCUT2D eigenvalue weighted by atomic mass is 9.98. The number of rotatable bonds is 2. The van der Waals surface area contributed by atoms with Gasteiger partial charge in [0.05, 0.1) is 5.56 Å². The molecule has 1 nitrogen and oxygen atoms in total. The minimum Gasteiger partial charge on any atom is -0.324 e. The predicted molar refractivity (Wildman–Crippen MR) is 55.9 cm³/mol. The molecule has 0 spiro atoms. The van der Waals surface area contributed by atoms with Crippen LogP contribution in [0.3, 0.4) is 0 Å². The molecule has 92 valence electrons. The van der Waals surface area contributed by atoms with Crippen molar-refractivity contribution in [3.63, 3.8) is 0 Å². The molecule has 0 amide bonds. The maximum Gasteiger partial charge on any atom is 0.419 e. The maximum atomic E-state index is 13.1. The summed E-state index contributed by atoms with van der Waals surface area (Å²) >= 11 is 0. The fraction of sp³-hybridized carbons (Fsp3) is 0.400. The van der Waals surface area contributed by atoms with Crippen LogP contribution in [0.5, 0.6) is 0 Å². The van der Waals surface area contributed by atoms with Gasteiger partial charge in [0, 0.05) is 6.04 Å². The lowest BCUT2D eigenvalue weighted by Gasteiger charge is -2.17. The van der Waals surface area contributed by atoms with E-state index in [1.807, 2.05) is 0 Å². The summed E-state index contributed by atoms with van der Waals surface area (Å²) in [6.07, 6.45) is -4.38. The molecule has 2 N–H and O–H groups in total. The second kappa shape index (κ2) is 5.50. The zero-order valence-electron chi connectivity index (χ0n) is 8.51. The maximum absolute atomic E-state index is 13.1. The Morgan fingerprint density at radius 2 is 1.88 bits per heavy atom. The van der Waals surface area contributed by atoms with Crippen molar-refractivity contribution in [2.24, 2.45) is 5.73 Å². The molecule has 1 rings (SSSR count). The first kappa shape index (κ1) is 15.2. The predicted octanol–water partition coefficient (Wildman–Crippen LogP) is 3.68. The summed E-state index contributed by atoms with van der Waals surface area (Å²) in [7, 11) is 0. The third-order valence-electron chi connectivity index (χ3n) is 2.17. The van der Waals surface area contributed by atoms with E-state index in [1.165, 1.54) is 12.1 Å². The van der Waals surface area contributed by atoms with Crippen molar-refractivity contribution in [1.29, 1.82) is 0 Å². The molecule has 0 unspecified atom stereocenters. The van der Waals surface area contributed by atoms with E-state index in [1.54, 1.807) is 6.92 Å². The molecule has 0 heterocycles. The summed E-state index contributed by atoms with van der Waals surface area (Å²) in [4.78, 5) is 0. The van der Waals surface area contributed by atoms with E-state index in [0.717, 1.165) is 6.07 Å². The van der Waals surface area contributed by atoms with Crippen LogP contribution in [0, 0.1) is 5.82 Å². The Hall–Kier alpha value is -0.810. The normalized spacial score (nSPS) is 13.1. The quantitative estimate of drug-likeness (QED) is 0.804. The number of hydrogen-bond donors (Lipinski definition) is 1. The Morgan fingerprint density at radius 3 is 2.31 bits per heavy atom. The third-order valence-corrected chi connectivity index (χ3v) is 2.17. The standard InChI is InChI=1S/C10H11F4N.ClH/c1-2-8(15)6-4-3-5-7(11)9(6)10(12,13)14;/h3-5,8H,2,15H2,1H3;1H/t8-;/m1./s1. The average Bonchev–Trinajstić information content (AvgIpc) is 2.14. The van der Waals surface area contributed by atoms with Gasteiger partial charge in [0.25, 0.3) is 0 Å². The topological polar surface area (TPSA) is 26.0 Å². The van der Waals surface area contributed by atoms with Gasteiger partial charge in [0.1, 0.15) is 5.82 Å². The molecule has 0 fully saturated rings. The lowest BCUT2D eigenvalue weighted by molar-refractivity contribution is -0.140. The first-order valence-corrected chi connectivity index (χ1v) is 4.49. The molecular formula is C10H12ClF4N. The largest absolute Gasteiger partial charge is 0.419 e. The second-order valence-electron chi connectivity index (χ2n) is 3.22. The number of alkyl halides is 3. The lowest BCUT2D eigenvalue weighted by Crippen LogP contribution is -2.18. The number of nitrogens with two attached hydrogens (primary N) is 1. The van der Waals surface area contributed by atoms with Gasteiger partial charge in [-0.15, -0.1) is 12.4 Å². The fourth-order valence-corrected chi connectivity index (χ4v) is 1.37. The Balaban J connectivity index is 0.00000225. The van der Waals surface area contributed by atoms with E-state index in [0.29, 0.717) is 6.42 Å². The first-order chi connectivity index (χ1) is 6.88. The van der Waals surface area contributed by atoms with Crippen molar-refractivity contribution in [2.45, 2.75) is 25.6 Å². The van der Waals surface area contributed by atoms with E-state index in [4.69, 9.17) is 5.73 Å². The van der Waals surface area contributed by atoms with E-state index >= 15 is 0 Å². The Morgan fingerprint density at radius 1 is 1.31 bits per heavy atom. The fourth-order valence-electron chi connectivity index (χ4n) is 1.37. The van der Waals surface area contributed by atoms with Crippen LogP contribution in [-0.4, -0.2) is 0 Å². The number of hydrogen-bond acceptors (Lipinski definition) is 1. The molecule has 0 aromatic heterocycles. The number of halogens is 5. The van der Waals surface area contributed by atoms with Crippen molar-refractivity contribution in [3.05, 3.63) is 35.1 Å². The van der Waals surface area contributed by atoms with Gasteiger partial charge in [-0.05, 0) is 18.1 Å². The van der Waals surface area contributed by atoms with Crippen molar-refractivity contribution in [3.8, 4) is 0 Å². The molecule has 0 bridgehead atoms. The highest BCUT2D eigenvalue weighted by Crippen LogP contribution is 2.36. The highest BCUT2D eigenvalue weighted by molar-refractivity contribution is 5.85. The summed E-state index contributed by atoms with van der Waals surface area (Å²) in [5, 5.41) is 0. The second-order valence-corrected chi connectivity index (χ2v) is 3.22. The van der Waals surface area contributed by atoms with Crippen LogP contribution in [0.4, 0.5) is 17.6 Å². The molecule has 1 aromatic carbocycles. The summed E-state index contributed by atoms with van der Waals surface area (Å²) in [6.45, 7) is 1.65. The van der Waals surface area contributed by atoms with Gasteiger partial charge in [-0.25, -0.2) is 4.39 Å². The zero-order valence-corrected chi connectivity index (χ0v) is 9.33. The van der Waals surface area contributed by atoms with Gasteiger partial charge in [-0.1, -0.05) is 19.1 Å². The van der Waals surface area contributed by atoms with Crippen LogP contribution in [0.1, 0.15) is 30.5 Å². The summed E-state index contributed by atoms with van der Waals surface area (Å²) in [5.74, 6) is -1.27. The van der Waals surface area contributed by atoms with E-state index in [-0.39, 0.29) is 18.0 Å². The van der Waals surface area contributed by atoms with E-state index in [2.05, 4.69) is 0 Å². The number of benzene rings is 1. The SMILES string of the molecule is CC[C@@H](N)c1cccc(F)c1C(F)(F)F.Cl. The molecule has 0 saturated heterocycles. The van der Waals surface area contributed by atoms with Gasteiger partial charge in [0.2, 0.25) is 0 Å². The van der Waals surface area contributed by atoms with Crippen LogP contribution in [0.15, 0.2) is 18.2 Å². The van der Waals surface area contributed by atoms with Gasteiger partial charge in [-0.2, -0.15) is 13.2 Å². The van der Waals surface area contributed by atoms with Crippen LogP contribution in [0.25, 0.3) is 0 Å². The minimum atomic E-state index is -4.70. The Kier molecular flexibility index (Phi) is 5.22.